The first-order valence-corrected chi connectivity index (χ1v) is 5.06. The van der Waals surface area contributed by atoms with Crippen LogP contribution in [0, 0.1) is 13.8 Å². The maximum Gasteiger partial charge on any atom is 0.147 e. The molecule has 0 radical (unpaired) electrons. The van der Waals surface area contributed by atoms with E-state index < -0.39 is 0 Å². The second-order valence-electron chi connectivity index (χ2n) is 3.27. The highest BCUT2D eigenvalue weighted by atomic mass is 16.5. The number of aryl methyl sites for hydroxylation is 2. The van der Waals surface area contributed by atoms with E-state index in [0.717, 1.165) is 23.8 Å². The molecule has 1 aromatic heterocycles. The van der Waals surface area contributed by atoms with Gasteiger partial charge < -0.3 is 15.8 Å². The van der Waals surface area contributed by atoms with Crippen molar-refractivity contribution in [2.75, 3.05) is 31.6 Å². The molecule has 15 heavy (non-hydrogen) atoms. The Morgan fingerprint density at radius 1 is 1.40 bits per heavy atom. The third-order valence-corrected chi connectivity index (χ3v) is 1.88. The molecule has 0 amide bonds. The molecule has 0 atom stereocenters. The van der Waals surface area contributed by atoms with Crippen molar-refractivity contribution < 1.29 is 4.74 Å². The van der Waals surface area contributed by atoms with Crippen molar-refractivity contribution in [3.05, 3.63) is 17.6 Å². The van der Waals surface area contributed by atoms with E-state index in [1.165, 1.54) is 0 Å². The molecule has 0 aliphatic rings. The van der Waals surface area contributed by atoms with Crippen LogP contribution in [0.4, 0.5) is 5.82 Å². The van der Waals surface area contributed by atoms with Gasteiger partial charge in [0.25, 0.3) is 0 Å². The summed E-state index contributed by atoms with van der Waals surface area (Å²) in [7, 11) is 0. The molecule has 0 aliphatic heterocycles. The Kier molecular flexibility index (Phi) is 5.00. The molecular weight excluding hydrogens is 192 g/mol. The van der Waals surface area contributed by atoms with Crippen LogP contribution < -0.4 is 11.1 Å². The van der Waals surface area contributed by atoms with Crippen molar-refractivity contribution in [3.63, 3.8) is 0 Å². The zero-order valence-electron chi connectivity index (χ0n) is 9.29. The predicted molar refractivity (Wildman–Crippen MR) is 59.9 cm³/mol. The first-order valence-electron chi connectivity index (χ1n) is 5.06. The van der Waals surface area contributed by atoms with E-state index in [1.54, 1.807) is 6.20 Å². The minimum Gasteiger partial charge on any atom is -0.378 e. The summed E-state index contributed by atoms with van der Waals surface area (Å²) in [5.74, 6) is 0.825. The number of nitrogens with two attached hydrogens (primary N) is 1. The second-order valence-corrected chi connectivity index (χ2v) is 3.27. The minimum absolute atomic E-state index is 0.559. The van der Waals surface area contributed by atoms with Crippen LogP contribution >= 0.6 is 0 Å². The molecule has 5 nitrogen and oxygen atoms in total. The Morgan fingerprint density at radius 3 is 2.93 bits per heavy atom. The molecule has 0 aliphatic carbocycles. The Hall–Kier alpha value is -1.20. The van der Waals surface area contributed by atoms with Crippen molar-refractivity contribution in [2.24, 2.45) is 5.73 Å². The number of rotatable bonds is 6. The van der Waals surface area contributed by atoms with Gasteiger partial charge in [-0.2, -0.15) is 0 Å². The summed E-state index contributed by atoms with van der Waals surface area (Å²) in [6, 6.07) is 0. The molecule has 5 heteroatoms. The second kappa shape index (κ2) is 6.31. The molecule has 0 saturated carbocycles. The van der Waals surface area contributed by atoms with Gasteiger partial charge in [0.05, 0.1) is 24.6 Å². The number of nitrogens with zero attached hydrogens (tertiary/aromatic N) is 2. The fourth-order valence-electron chi connectivity index (χ4n) is 1.13. The van der Waals surface area contributed by atoms with Gasteiger partial charge in [-0.05, 0) is 13.8 Å². The lowest BCUT2D eigenvalue weighted by Crippen LogP contribution is -2.15. The lowest BCUT2D eigenvalue weighted by atomic mass is 10.4. The van der Waals surface area contributed by atoms with Crippen molar-refractivity contribution in [1.29, 1.82) is 0 Å². The molecule has 1 rings (SSSR count). The van der Waals surface area contributed by atoms with Crippen LogP contribution in [0.25, 0.3) is 0 Å². The van der Waals surface area contributed by atoms with E-state index in [4.69, 9.17) is 10.5 Å². The highest BCUT2D eigenvalue weighted by Crippen LogP contribution is 2.07. The lowest BCUT2D eigenvalue weighted by Gasteiger charge is -2.08. The SMILES string of the molecule is Cc1cnc(C)c(NCCOCCN)n1. The maximum atomic E-state index is 5.30. The fourth-order valence-corrected chi connectivity index (χ4v) is 1.13. The van der Waals surface area contributed by atoms with E-state index in [-0.39, 0.29) is 0 Å². The average molecular weight is 210 g/mol. The monoisotopic (exact) mass is 210 g/mol. The summed E-state index contributed by atoms with van der Waals surface area (Å²) in [6.45, 7) is 6.35. The standard InChI is InChI=1S/C10H18N4O/c1-8-7-13-9(2)10(14-8)12-4-6-15-5-3-11/h7H,3-6,11H2,1-2H3,(H,12,14). The fraction of sp³-hybridized carbons (Fsp3) is 0.600. The molecule has 0 fully saturated rings. The molecule has 0 saturated heterocycles. The molecule has 0 unspecified atom stereocenters. The highest BCUT2D eigenvalue weighted by molar-refractivity contribution is 5.39. The number of nitrogens with one attached hydrogen (secondary N) is 1. The minimum atomic E-state index is 0.559. The van der Waals surface area contributed by atoms with Crippen LogP contribution in [0.15, 0.2) is 6.20 Å². The van der Waals surface area contributed by atoms with Crippen molar-refractivity contribution in [3.8, 4) is 0 Å². The van der Waals surface area contributed by atoms with Crippen molar-refractivity contribution in [2.45, 2.75) is 13.8 Å². The molecule has 0 aromatic carbocycles. The molecule has 1 aromatic rings. The maximum absolute atomic E-state index is 5.30. The average Bonchev–Trinajstić information content (AvgIpc) is 2.23. The van der Waals surface area contributed by atoms with Crippen LogP contribution in [-0.4, -0.2) is 36.3 Å². The Bertz CT molecular complexity index is 303. The van der Waals surface area contributed by atoms with E-state index in [9.17, 15) is 0 Å². The van der Waals surface area contributed by atoms with Gasteiger partial charge in [0, 0.05) is 19.3 Å². The number of anilines is 1. The zero-order chi connectivity index (χ0) is 11.1. The van der Waals surface area contributed by atoms with Crippen molar-refractivity contribution >= 4 is 5.82 Å². The van der Waals surface area contributed by atoms with Gasteiger partial charge in [-0.1, -0.05) is 0 Å². The van der Waals surface area contributed by atoms with Crippen molar-refractivity contribution in [1.82, 2.24) is 9.97 Å². The molecular formula is C10H18N4O. The number of aromatic nitrogens is 2. The van der Waals surface area contributed by atoms with E-state index in [2.05, 4.69) is 15.3 Å². The van der Waals surface area contributed by atoms with Crippen LogP contribution in [-0.2, 0) is 4.74 Å². The topological polar surface area (TPSA) is 73.1 Å². The van der Waals surface area contributed by atoms with Gasteiger partial charge in [0.15, 0.2) is 0 Å². The van der Waals surface area contributed by atoms with Crippen LogP contribution in [0.2, 0.25) is 0 Å². The van der Waals surface area contributed by atoms with Gasteiger partial charge in [-0.25, -0.2) is 4.98 Å². The molecule has 3 N–H and O–H groups in total. The predicted octanol–water partition coefficient (Wildman–Crippen LogP) is 0.481. The van der Waals surface area contributed by atoms with Gasteiger partial charge >= 0.3 is 0 Å². The zero-order valence-corrected chi connectivity index (χ0v) is 9.29. The Morgan fingerprint density at radius 2 is 2.20 bits per heavy atom. The van der Waals surface area contributed by atoms with Gasteiger partial charge in [0.1, 0.15) is 5.82 Å². The van der Waals surface area contributed by atoms with E-state index in [1.807, 2.05) is 13.8 Å². The summed E-state index contributed by atoms with van der Waals surface area (Å²) in [5, 5.41) is 3.17. The Labute approximate surface area is 90.1 Å². The normalized spacial score (nSPS) is 10.3. The van der Waals surface area contributed by atoms with Gasteiger partial charge in [-0.3, -0.25) is 4.98 Å². The summed E-state index contributed by atoms with van der Waals surface area (Å²) >= 11 is 0. The van der Waals surface area contributed by atoms with Crippen LogP contribution in [0.5, 0.6) is 0 Å². The number of ether oxygens (including phenoxy) is 1. The molecule has 0 bridgehead atoms. The summed E-state index contributed by atoms with van der Waals surface area (Å²) in [6.07, 6.45) is 1.76. The molecule has 1 heterocycles. The first kappa shape index (κ1) is 11.9. The van der Waals surface area contributed by atoms with E-state index >= 15 is 0 Å². The van der Waals surface area contributed by atoms with Gasteiger partial charge in [-0.15, -0.1) is 0 Å². The summed E-state index contributed by atoms with van der Waals surface area (Å²) < 4.78 is 5.24. The summed E-state index contributed by atoms with van der Waals surface area (Å²) in [5.41, 5.74) is 7.11. The van der Waals surface area contributed by atoms with Crippen LogP contribution in [0.1, 0.15) is 11.4 Å². The summed E-state index contributed by atoms with van der Waals surface area (Å²) in [4.78, 5) is 8.54. The van der Waals surface area contributed by atoms with Gasteiger partial charge in [0.2, 0.25) is 0 Å². The highest BCUT2D eigenvalue weighted by Gasteiger charge is 2.00. The Balaban J connectivity index is 2.33. The smallest absolute Gasteiger partial charge is 0.147 e. The number of hydrogen-bond donors (Lipinski definition) is 2. The van der Waals surface area contributed by atoms with E-state index in [0.29, 0.717) is 19.8 Å². The molecule has 84 valence electrons. The molecule has 0 spiro atoms. The third-order valence-electron chi connectivity index (χ3n) is 1.88. The quantitative estimate of drug-likeness (QED) is 0.668. The largest absolute Gasteiger partial charge is 0.378 e. The lowest BCUT2D eigenvalue weighted by molar-refractivity contribution is 0.151. The number of hydrogen-bond acceptors (Lipinski definition) is 5. The van der Waals surface area contributed by atoms with Crippen LogP contribution in [0.3, 0.4) is 0 Å². The first-order chi connectivity index (χ1) is 7.24. The third kappa shape index (κ3) is 4.22.